The molecule has 0 spiro atoms. The molecule has 0 aliphatic heterocycles. The lowest BCUT2D eigenvalue weighted by molar-refractivity contribution is 0.0871. The second-order valence-corrected chi connectivity index (χ2v) is 10.7. The summed E-state index contributed by atoms with van der Waals surface area (Å²) in [5, 5.41) is 19.5. The minimum Gasteiger partial charge on any atom is -0.504 e. The number of para-hydroxylation sites is 1. The lowest BCUT2D eigenvalue weighted by atomic mass is 10.2. The van der Waals surface area contributed by atoms with Crippen molar-refractivity contribution in [2.45, 2.75) is 29.7 Å². The molecule has 3 rings (SSSR count). The monoisotopic (exact) mass is 508 g/mol. The summed E-state index contributed by atoms with van der Waals surface area (Å²) in [5.41, 5.74) is 1.69. The summed E-state index contributed by atoms with van der Waals surface area (Å²) in [6, 6.07) is 15.8. The number of phenols is 2. The number of benzene rings is 3. The van der Waals surface area contributed by atoms with Crippen LogP contribution in [0.15, 0.2) is 76.5 Å². The van der Waals surface area contributed by atoms with Gasteiger partial charge < -0.3 is 14.9 Å². The number of aryl methyl sites for hydroxylation is 2. The predicted octanol–water partition coefficient (Wildman–Crippen LogP) is 3.27. The molecular weight excluding hydrogens is 484 g/mol. The Bertz CT molecular complexity index is 1330. The Morgan fingerprint density at radius 2 is 1.26 bits per heavy atom. The van der Waals surface area contributed by atoms with Gasteiger partial charge in [-0.15, -0.1) is 0 Å². The zero-order valence-electron chi connectivity index (χ0n) is 18.4. The van der Waals surface area contributed by atoms with E-state index in [0.717, 1.165) is 11.1 Å². The maximum absolute atomic E-state index is 12.7. The molecular formula is C23H24O9S2. The van der Waals surface area contributed by atoms with Crippen molar-refractivity contribution in [1.82, 2.24) is 0 Å². The number of ether oxygens (including phenoxy) is 1. The summed E-state index contributed by atoms with van der Waals surface area (Å²) in [7, 11) is -8.52. The highest BCUT2D eigenvalue weighted by Crippen LogP contribution is 2.34. The third kappa shape index (κ3) is 6.48. The van der Waals surface area contributed by atoms with E-state index in [-0.39, 0.29) is 15.5 Å². The van der Waals surface area contributed by atoms with Crippen LogP contribution in [-0.2, 0) is 28.6 Å². The van der Waals surface area contributed by atoms with Crippen molar-refractivity contribution in [3.8, 4) is 17.2 Å². The summed E-state index contributed by atoms with van der Waals surface area (Å²) in [5.74, 6) is -1.15. The van der Waals surface area contributed by atoms with Crippen molar-refractivity contribution >= 4 is 20.2 Å². The Morgan fingerprint density at radius 1 is 0.735 bits per heavy atom. The molecule has 182 valence electrons. The zero-order valence-corrected chi connectivity index (χ0v) is 20.0. The first-order valence-electron chi connectivity index (χ1n) is 10.1. The van der Waals surface area contributed by atoms with E-state index in [9.17, 15) is 27.0 Å². The second kappa shape index (κ2) is 10.4. The van der Waals surface area contributed by atoms with Crippen LogP contribution in [0.5, 0.6) is 17.2 Å². The van der Waals surface area contributed by atoms with Gasteiger partial charge in [0.05, 0.1) is 16.4 Å². The van der Waals surface area contributed by atoms with E-state index < -0.39 is 51.1 Å². The fourth-order valence-corrected chi connectivity index (χ4v) is 4.78. The highest BCUT2D eigenvalue weighted by Gasteiger charge is 2.26. The van der Waals surface area contributed by atoms with Gasteiger partial charge in [0.2, 0.25) is 5.75 Å². The molecule has 3 aromatic rings. The average molecular weight is 509 g/mol. The van der Waals surface area contributed by atoms with Crippen molar-refractivity contribution in [2.24, 2.45) is 0 Å². The maximum atomic E-state index is 12.7. The smallest absolute Gasteiger partial charge is 0.297 e. The van der Waals surface area contributed by atoms with Gasteiger partial charge in [-0.25, -0.2) is 0 Å². The average Bonchev–Trinajstić information content (AvgIpc) is 2.78. The second-order valence-electron chi connectivity index (χ2n) is 7.47. The minimum atomic E-state index is -4.30. The Morgan fingerprint density at radius 3 is 1.82 bits per heavy atom. The fourth-order valence-electron chi connectivity index (χ4n) is 2.79. The summed E-state index contributed by atoms with van der Waals surface area (Å²) in [4.78, 5) is -0.241. The van der Waals surface area contributed by atoms with E-state index >= 15 is 0 Å². The minimum absolute atomic E-state index is 0.107. The van der Waals surface area contributed by atoms with Crippen LogP contribution >= 0.6 is 0 Å². The van der Waals surface area contributed by atoms with E-state index in [2.05, 4.69) is 0 Å². The highest BCUT2D eigenvalue weighted by atomic mass is 32.2. The van der Waals surface area contributed by atoms with Crippen molar-refractivity contribution in [3.05, 3.63) is 77.9 Å². The Kier molecular flexibility index (Phi) is 7.82. The number of phenolic OH excluding ortho intramolecular Hbond substituents is 2. The Balaban J connectivity index is 1.81. The third-order valence-corrected chi connectivity index (χ3v) is 7.36. The third-order valence-electron chi connectivity index (χ3n) is 4.69. The van der Waals surface area contributed by atoms with Gasteiger partial charge >= 0.3 is 0 Å². The van der Waals surface area contributed by atoms with Crippen LogP contribution in [0.3, 0.4) is 0 Å². The molecule has 0 aliphatic carbocycles. The molecule has 3 aromatic carbocycles. The van der Waals surface area contributed by atoms with Crippen LogP contribution in [0, 0.1) is 13.8 Å². The normalized spacial score (nSPS) is 12.9. The molecule has 0 aromatic heterocycles. The molecule has 34 heavy (non-hydrogen) atoms. The van der Waals surface area contributed by atoms with Crippen molar-refractivity contribution < 1.29 is 40.2 Å². The number of rotatable bonds is 10. The highest BCUT2D eigenvalue weighted by molar-refractivity contribution is 7.87. The first-order valence-corrected chi connectivity index (χ1v) is 12.9. The molecule has 0 bridgehead atoms. The number of aromatic hydroxyl groups is 2. The molecule has 0 unspecified atom stereocenters. The summed E-state index contributed by atoms with van der Waals surface area (Å²) >= 11 is 0. The van der Waals surface area contributed by atoms with E-state index in [1.54, 1.807) is 38.1 Å². The first kappa shape index (κ1) is 25.5. The van der Waals surface area contributed by atoms with Crippen LogP contribution < -0.4 is 4.74 Å². The van der Waals surface area contributed by atoms with Crippen molar-refractivity contribution in [1.29, 1.82) is 0 Å². The summed E-state index contributed by atoms with van der Waals surface area (Å²) < 4.78 is 66.3. The van der Waals surface area contributed by atoms with E-state index in [0.29, 0.717) is 0 Å². The maximum Gasteiger partial charge on any atom is 0.297 e. The molecule has 0 aliphatic rings. The molecule has 2 N–H and O–H groups in total. The van der Waals surface area contributed by atoms with Gasteiger partial charge in [0.1, 0.15) is 12.7 Å². The topological polar surface area (TPSA) is 136 Å². The number of hydrogen-bond acceptors (Lipinski definition) is 9. The fraction of sp³-hybridized carbons (Fsp3) is 0.217. The van der Waals surface area contributed by atoms with Crippen LogP contribution in [0.1, 0.15) is 11.1 Å². The van der Waals surface area contributed by atoms with Crippen LogP contribution in [0.4, 0.5) is 0 Å². The Labute approximate surface area is 198 Å². The molecule has 0 radical (unpaired) electrons. The Hall–Kier alpha value is -3.12. The van der Waals surface area contributed by atoms with Gasteiger partial charge in [-0.1, -0.05) is 41.5 Å². The number of hydrogen-bond donors (Lipinski definition) is 2. The van der Waals surface area contributed by atoms with Crippen LogP contribution in [0.25, 0.3) is 0 Å². The van der Waals surface area contributed by atoms with Gasteiger partial charge in [-0.05, 0) is 50.2 Å². The molecule has 0 saturated carbocycles. The molecule has 1 atom stereocenters. The van der Waals surface area contributed by atoms with Gasteiger partial charge in [0.25, 0.3) is 20.2 Å². The summed E-state index contributed by atoms with van der Waals surface area (Å²) in [6.45, 7) is 2.39. The van der Waals surface area contributed by atoms with Gasteiger partial charge in [0, 0.05) is 0 Å². The lowest BCUT2D eigenvalue weighted by Crippen LogP contribution is -2.31. The molecule has 0 heterocycles. The quantitative estimate of drug-likeness (QED) is 0.312. The SMILES string of the molecule is Cc1ccc(S(=O)(=O)OC[C@H](COc2cccc(O)c2O)OS(=O)(=O)c2ccc(C)cc2)cc1. The van der Waals surface area contributed by atoms with Crippen molar-refractivity contribution in [3.63, 3.8) is 0 Å². The van der Waals surface area contributed by atoms with Gasteiger partial charge in [0.15, 0.2) is 11.5 Å². The van der Waals surface area contributed by atoms with Crippen molar-refractivity contribution in [2.75, 3.05) is 13.2 Å². The largest absolute Gasteiger partial charge is 0.504 e. The predicted molar refractivity (Wildman–Crippen MR) is 123 cm³/mol. The standard InChI is InChI=1S/C23H24O9S2/c1-16-6-10-19(11-7-16)33(26,27)31-15-18(14-30-22-5-3-4-21(24)23(22)25)32-34(28,29)20-12-8-17(2)9-13-20/h3-13,18,24-25H,14-15H2,1-2H3/t18-/m0/s1. The van der Waals surface area contributed by atoms with E-state index in [1.807, 2.05) is 0 Å². The van der Waals surface area contributed by atoms with E-state index in [4.69, 9.17) is 13.1 Å². The first-order chi connectivity index (χ1) is 16.0. The summed E-state index contributed by atoms with van der Waals surface area (Å²) in [6.07, 6.45) is -1.41. The molecule has 9 nitrogen and oxygen atoms in total. The lowest BCUT2D eigenvalue weighted by Gasteiger charge is -2.19. The van der Waals surface area contributed by atoms with Crippen LogP contribution in [-0.4, -0.2) is 46.4 Å². The molecule has 0 amide bonds. The molecule has 11 heteroatoms. The van der Waals surface area contributed by atoms with Gasteiger partial charge in [-0.2, -0.15) is 16.8 Å². The zero-order chi connectivity index (χ0) is 24.9. The van der Waals surface area contributed by atoms with Crippen LogP contribution in [0.2, 0.25) is 0 Å². The molecule has 0 saturated heterocycles. The molecule has 0 fully saturated rings. The van der Waals surface area contributed by atoms with E-state index in [1.165, 1.54) is 42.5 Å². The van der Waals surface area contributed by atoms with Gasteiger partial charge in [-0.3, -0.25) is 8.37 Å².